The van der Waals surface area contributed by atoms with Crippen LogP contribution in [-0.2, 0) is 14.3 Å². The highest BCUT2D eigenvalue weighted by Crippen LogP contribution is 2.34. The molecule has 1 saturated heterocycles. The normalized spacial score (nSPS) is 17.2. The second-order valence-electron chi connectivity index (χ2n) is 8.49. The molecule has 184 valence electrons. The molecule has 0 spiro atoms. The van der Waals surface area contributed by atoms with Crippen LogP contribution in [0.1, 0.15) is 26.7 Å². The predicted molar refractivity (Wildman–Crippen MR) is 129 cm³/mol. The number of halogens is 2. The van der Waals surface area contributed by atoms with Crippen molar-refractivity contribution >= 4 is 34.5 Å². The summed E-state index contributed by atoms with van der Waals surface area (Å²) in [4.78, 5) is 39.2. The third-order valence-corrected chi connectivity index (χ3v) is 6.38. The lowest BCUT2D eigenvalue weighted by Gasteiger charge is -2.30. The van der Waals surface area contributed by atoms with E-state index < -0.39 is 29.5 Å². The summed E-state index contributed by atoms with van der Waals surface area (Å²) in [5, 5.41) is 0.701. The monoisotopic (exact) mass is 501 g/mol. The number of hydrogen-bond donors (Lipinski definition) is 0. The number of carbonyl (C=O) groups excluding carboxylic acids is 2. The summed E-state index contributed by atoms with van der Waals surface area (Å²) in [7, 11) is 0. The van der Waals surface area contributed by atoms with Crippen LogP contribution in [0, 0.1) is 11.7 Å². The molecule has 0 radical (unpaired) electrons. The summed E-state index contributed by atoms with van der Waals surface area (Å²) in [6.45, 7) is 5.84. The SMILES string of the molecule is CCN1CCCC(C(=O)OC(=O)C(C)Oc2ccc3c(-c4ccc(F)cc4Cl)cc(=O)oc3c2)C1. The van der Waals surface area contributed by atoms with Crippen molar-refractivity contribution in [2.75, 3.05) is 19.6 Å². The van der Waals surface area contributed by atoms with E-state index in [2.05, 4.69) is 4.90 Å². The van der Waals surface area contributed by atoms with Gasteiger partial charge in [0.2, 0.25) is 0 Å². The van der Waals surface area contributed by atoms with E-state index in [4.69, 9.17) is 25.5 Å². The van der Waals surface area contributed by atoms with Gasteiger partial charge in [0.15, 0.2) is 6.10 Å². The average molecular weight is 502 g/mol. The number of piperidine rings is 1. The van der Waals surface area contributed by atoms with Gasteiger partial charge in [-0.2, -0.15) is 0 Å². The van der Waals surface area contributed by atoms with E-state index in [1.54, 1.807) is 12.1 Å². The molecule has 2 unspecified atom stereocenters. The van der Waals surface area contributed by atoms with E-state index in [9.17, 15) is 18.8 Å². The van der Waals surface area contributed by atoms with Crippen LogP contribution in [0.3, 0.4) is 0 Å². The molecule has 1 fully saturated rings. The molecule has 2 heterocycles. The van der Waals surface area contributed by atoms with Gasteiger partial charge in [-0.25, -0.2) is 14.0 Å². The summed E-state index contributed by atoms with van der Waals surface area (Å²) in [5.41, 5.74) is 0.513. The fourth-order valence-corrected chi connectivity index (χ4v) is 4.47. The van der Waals surface area contributed by atoms with Gasteiger partial charge >= 0.3 is 17.6 Å². The van der Waals surface area contributed by atoms with E-state index >= 15 is 0 Å². The first kappa shape index (κ1) is 24.9. The van der Waals surface area contributed by atoms with Crippen LogP contribution in [0.4, 0.5) is 4.39 Å². The Hall–Kier alpha value is -3.23. The van der Waals surface area contributed by atoms with Crippen molar-refractivity contribution in [3.8, 4) is 16.9 Å². The molecule has 0 N–H and O–H groups in total. The van der Waals surface area contributed by atoms with Crippen LogP contribution < -0.4 is 10.4 Å². The molecule has 2 aromatic carbocycles. The van der Waals surface area contributed by atoms with Gasteiger partial charge in [0, 0.05) is 35.2 Å². The summed E-state index contributed by atoms with van der Waals surface area (Å²) in [5.74, 6) is -1.93. The molecule has 3 aromatic rings. The number of likely N-dealkylation sites (tertiary alicyclic amines) is 1. The first-order valence-electron chi connectivity index (χ1n) is 11.4. The Balaban J connectivity index is 1.50. The zero-order valence-corrected chi connectivity index (χ0v) is 20.1. The highest BCUT2D eigenvalue weighted by atomic mass is 35.5. The lowest BCUT2D eigenvalue weighted by Crippen LogP contribution is -2.40. The number of rotatable bonds is 6. The average Bonchev–Trinajstić information content (AvgIpc) is 2.83. The number of benzene rings is 2. The van der Waals surface area contributed by atoms with Gasteiger partial charge in [-0.3, -0.25) is 4.79 Å². The summed E-state index contributed by atoms with van der Waals surface area (Å²) < 4.78 is 29.5. The van der Waals surface area contributed by atoms with E-state index in [0.717, 1.165) is 25.6 Å². The van der Waals surface area contributed by atoms with Gasteiger partial charge in [-0.15, -0.1) is 0 Å². The zero-order valence-electron chi connectivity index (χ0n) is 19.4. The quantitative estimate of drug-likeness (QED) is 0.272. The third-order valence-electron chi connectivity index (χ3n) is 6.07. The predicted octanol–water partition coefficient (Wildman–Crippen LogP) is 4.82. The Bertz CT molecular complexity index is 1320. The summed E-state index contributed by atoms with van der Waals surface area (Å²) in [6.07, 6.45) is 0.493. The molecule has 1 aliphatic heterocycles. The van der Waals surface area contributed by atoms with Crippen LogP contribution >= 0.6 is 11.6 Å². The lowest BCUT2D eigenvalue weighted by atomic mass is 9.98. The van der Waals surface area contributed by atoms with E-state index in [1.165, 1.54) is 31.2 Å². The van der Waals surface area contributed by atoms with Crippen molar-refractivity contribution < 1.29 is 27.9 Å². The maximum Gasteiger partial charge on any atom is 0.354 e. The van der Waals surface area contributed by atoms with Crippen LogP contribution in [0.25, 0.3) is 22.1 Å². The van der Waals surface area contributed by atoms with Gasteiger partial charge < -0.3 is 18.8 Å². The zero-order chi connectivity index (χ0) is 25.1. The topological polar surface area (TPSA) is 86.0 Å². The summed E-state index contributed by atoms with van der Waals surface area (Å²) in [6, 6.07) is 9.87. The largest absolute Gasteiger partial charge is 0.479 e. The van der Waals surface area contributed by atoms with Crippen molar-refractivity contribution in [2.45, 2.75) is 32.8 Å². The minimum Gasteiger partial charge on any atom is -0.479 e. The van der Waals surface area contributed by atoms with E-state index in [-0.39, 0.29) is 22.3 Å². The Kier molecular flexibility index (Phi) is 7.52. The number of carbonyl (C=O) groups is 2. The Labute approximate surface area is 206 Å². The van der Waals surface area contributed by atoms with Crippen LogP contribution in [-0.4, -0.2) is 42.6 Å². The second-order valence-corrected chi connectivity index (χ2v) is 8.90. The molecule has 1 aromatic heterocycles. The number of fused-ring (bicyclic) bond motifs is 1. The third kappa shape index (κ3) is 5.71. The van der Waals surface area contributed by atoms with Gasteiger partial charge in [0.1, 0.15) is 17.1 Å². The van der Waals surface area contributed by atoms with Gasteiger partial charge in [0.05, 0.1) is 10.9 Å². The first-order chi connectivity index (χ1) is 16.7. The standard InChI is InChI=1S/C26H25ClFNO6/c1-3-29-10-4-5-16(14-29)26(32)35-25(31)15(2)33-18-7-9-20-21(13-24(30)34-23(20)12-18)19-8-6-17(28)11-22(19)27/h6-9,11-13,15-16H,3-5,10,14H2,1-2H3. The Morgan fingerprint density at radius 1 is 1.20 bits per heavy atom. The van der Waals surface area contributed by atoms with Crippen molar-refractivity contribution in [3.05, 3.63) is 63.7 Å². The lowest BCUT2D eigenvalue weighted by molar-refractivity contribution is -0.168. The number of ether oxygens (including phenoxy) is 2. The highest BCUT2D eigenvalue weighted by molar-refractivity contribution is 6.33. The smallest absolute Gasteiger partial charge is 0.354 e. The highest BCUT2D eigenvalue weighted by Gasteiger charge is 2.30. The van der Waals surface area contributed by atoms with Crippen LogP contribution in [0.15, 0.2) is 51.7 Å². The molecule has 0 amide bonds. The van der Waals surface area contributed by atoms with Gasteiger partial charge in [0.25, 0.3) is 0 Å². The van der Waals surface area contributed by atoms with Gasteiger partial charge in [-0.05, 0) is 63.2 Å². The second kappa shape index (κ2) is 10.6. The van der Waals surface area contributed by atoms with E-state index in [0.29, 0.717) is 29.5 Å². The fraction of sp³-hybridized carbons (Fsp3) is 0.346. The van der Waals surface area contributed by atoms with Crippen LogP contribution in [0.5, 0.6) is 5.75 Å². The molecular formula is C26H25ClFNO6. The van der Waals surface area contributed by atoms with Crippen molar-refractivity contribution in [1.82, 2.24) is 4.90 Å². The molecular weight excluding hydrogens is 477 g/mol. The molecule has 35 heavy (non-hydrogen) atoms. The molecule has 2 atom stereocenters. The fourth-order valence-electron chi connectivity index (χ4n) is 4.20. The molecule has 7 nitrogen and oxygen atoms in total. The minimum absolute atomic E-state index is 0.151. The van der Waals surface area contributed by atoms with Gasteiger partial charge in [-0.1, -0.05) is 18.5 Å². The molecule has 0 bridgehead atoms. The number of nitrogens with zero attached hydrogens (tertiary/aromatic N) is 1. The van der Waals surface area contributed by atoms with Crippen molar-refractivity contribution in [1.29, 1.82) is 0 Å². The number of hydrogen-bond acceptors (Lipinski definition) is 7. The molecule has 0 saturated carbocycles. The maximum atomic E-state index is 13.5. The molecule has 4 rings (SSSR count). The van der Waals surface area contributed by atoms with Crippen LogP contribution in [0.2, 0.25) is 5.02 Å². The minimum atomic E-state index is -1.07. The summed E-state index contributed by atoms with van der Waals surface area (Å²) >= 11 is 6.19. The Morgan fingerprint density at radius 3 is 2.74 bits per heavy atom. The van der Waals surface area contributed by atoms with Crippen molar-refractivity contribution in [3.63, 3.8) is 0 Å². The first-order valence-corrected chi connectivity index (χ1v) is 11.8. The Morgan fingerprint density at radius 2 is 2.00 bits per heavy atom. The number of esters is 2. The molecule has 0 aliphatic carbocycles. The van der Waals surface area contributed by atoms with E-state index in [1.807, 2.05) is 6.92 Å². The molecule has 1 aliphatic rings. The maximum absolute atomic E-state index is 13.5. The molecule has 9 heteroatoms. The van der Waals surface area contributed by atoms with Crippen molar-refractivity contribution in [2.24, 2.45) is 5.92 Å².